The highest BCUT2D eigenvalue weighted by molar-refractivity contribution is 5.75. The number of urea groups is 1. The fourth-order valence-electron chi connectivity index (χ4n) is 1.65. The number of carbonyl (C=O) groups is 2. The van der Waals surface area contributed by atoms with Gasteiger partial charge in [0.05, 0.1) is 6.61 Å². The van der Waals surface area contributed by atoms with Gasteiger partial charge in [-0.3, -0.25) is 0 Å². The molecule has 0 aromatic heterocycles. The first-order chi connectivity index (χ1) is 8.04. The molecule has 1 N–H and O–H groups in total. The van der Waals surface area contributed by atoms with Gasteiger partial charge in [-0.15, -0.1) is 0 Å². The van der Waals surface area contributed by atoms with Crippen molar-refractivity contribution in [1.29, 1.82) is 0 Å². The summed E-state index contributed by atoms with van der Waals surface area (Å²) in [5, 5.41) is 2.83. The Bertz CT molecular complexity index is 273. The highest BCUT2D eigenvalue weighted by Crippen LogP contribution is 2.04. The molecule has 0 bridgehead atoms. The number of nitrogens with zero attached hydrogens (tertiary/aromatic N) is 2. The molecule has 3 amide bonds. The Morgan fingerprint density at radius 2 is 1.71 bits per heavy atom. The van der Waals surface area contributed by atoms with E-state index >= 15 is 0 Å². The first-order valence-corrected chi connectivity index (χ1v) is 6.01. The molecule has 1 saturated heterocycles. The van der Waals surface area contributed by atoms with Gasteiger partial charge in [0, 0.05) is 32.2 Å². The smallest absolute Gasteiger partial charge is 0.409 e. The second-order valence-electron chi connectivity index (χ2n) is 4.28. The zero-order valence-corrected chi connectivity index (χ0v) is 10.7. The number of rotatable bonds is 2. The maximum Gasteiger partial charge on any atom is 0.409 e. The number of amides is 3. The number of hydrogen-bond acceptors (Lipinski definition) is 3. The van der Waals surface area contributed by atoms with Crippen molar-refractivity contribution in [1.82, 2.24) is 15.1 Å². The van der Waals surface area contributed by atoms with Gasteiger partial charge in [0.1, 0.15) is 0 Å². The van der Waals surface area contributed by atoms with Crippen molar-refractivity contribution in [2.75, 3.05) is 32.8 Å². The van der Waals surface area contributed by atoms with E-state index in [0.29, 0.717) is 32.8 Å². The molecule has 0 spiro atoms. The lowest BCUT2D eigenvalue weighted by Gasteiger charge is -2.34. The molecule has 0 aliphatic carbocycles. The Balaban J connectivity index is 2.35. The molecular formula is C11H21N3O3. The molecular weight excluding hydrogens is 222 g/mol. The van der Waals surface area contributed by atoms with Gasteiger partial charge < -0.3 is 19.9 Å². The molecule has 1 heterocycles. The van der Waals surface area contributed by atoms with Gasteiger partial charge in [-0.05, 0) is 20.8 Å². The van der Waals surface area contributed by atoms with E-state index in [-0.39, 0.29) is 18.2 Å². The Kier molecular flexibility index (Phi) is 5.06. The molecule has 0 radical (unpaired) electrons. The average Bonchev–Trinajstić information content (AvgIpc) is 2.28. The summed E-state index contributed by atoms with van der Waals surface area (Å²) >= 11 is 0. The van der Waals surface area contributed by atoms with E-state index < -0.39 is 0 Å². The van der Waals surface area contributed by atoms with Gasteiger partial charge in [0.15, 0.2) is 0 Å². The summed E-state index contributed by atoms with van der Waals surface area (Å²) in [5.41, 5.74) is 0. The van der Waals surface area contributed by atoms with Crippen LogP contribution < -0.4 is 5.32 Å². The summed E-state index contributed by atoms with van der Waals surface area (Å²) in [6.45, 7) is 8.18. The van der Waals surface area contributed by atoms with Crippen molar-refractivity contribution < 1.29 is 14.3 Å². The molecule has 1 rings (SSSR count). The Morgan fingerprint density at radius 3 is 2.18 bits per heavy atom. The van der Waals surface area contributed by atoms with Gasteiger partial charge in [-0.1, -0.05) is 0 Å². The fourth-order valence-corrected chi connectivity index (χ4v) is 1.65. The highest BCUT2D eigenvalue weighted by Gasteiger charge is 2.24. The predicted molar refractivity (Wildman–Crippen MR) is 63.8 cm³/mol. The van der Waals surface area contributed by atoms with Crippen LogP contribution in [-0.2, 0) is 4.74 Å². The van der Waals surface area contributed by atoms with Crippen LogP contribution in [0.4, 0.5) is 9.59 Å². The van der Waals surface area contributed by atoms with Gasteiger partial charge in [0.2, 0.25) is 0 Å². The largest absolute Gasteiger partial charge is 0.450 e. The predicted octanol–water partition coefficient (Wildman–Crippen LogP) is 0.878. The number of piperazine rings is 1. The standard InChI is InChI=1S/C11H21N3O3/c1-4-17-11(16)14-7-5-13(6-8-14)10(15)12-9(2)3/h9H,4-8H2,1-3H3,(H,12,15). The van der Waals surface area contributed by atoms with E-state index in [1.165, 1.54) is 0 Å². The van der Waals surface area contributed by atoms with E-state index in [1.807, 2.05) is 13.8 Å². The average molecular weight is 243 g/mol. The minimum Gasteiger partial charge on any atom is -0.450 e. The molecule has 1 fully saturated rings. The van der Waals surface area contributed by atoms with Gasteiger partial charge in [0.25, 0.3) is 0 Å². The van der Waals surface area contributed by atoms with E-state index in [1.54, 1.807) is 16.7 Å². The van der Waals surface area contributed by atoms with Crippen LogP contribution in [0.25, 0.3) is 0 Å². The molecule has 98 valence electrons. The van der Waals surface area contributed by atoms with Crippen molar-refractivity contribution in [2.45, 2.75) is 26.8 Å². The summed E-state index contributed by atoms with van der Waals surface area (Å²) in [7, 11) is 0. The van der Waals surface area contributed by atoms with Crippen molar-refractivity contribution in [3.8, 4) is 0 Å². The van der Waals surface area contributed by atoms with E-state index in [4.69, 9.17) is 4.74 Å². The van der Waals surface area contributed by atoms with E-state index in [9.17, 15) is 9.59 Å². The lowest BCUT2D eigenvalue weighted by molar-refractivity contribution is 0.0849. The number of ether oxygens (including phenoxy) is 1. The number of hydrogen-bond donors (Lipinski definition) is 1. The van der Waals surface area contributed by atoms with Gasteiger partial charge in [-0.25, -0.2) is 9.59 Å². The van der Waals surface area contributed by atoms with Crippen LogP contribution in [0.1, 0.15) is 20.8 Å². The summed E-state index contributed by atoms with van der Waals surface area (Å²) in [5.74, 6) is 0. The van der Waals surface area contributed by atoms with Crippen LogP contribution in [0.5, 0.6) is 0 Å². The molecule has 6 nitrogen and oxygen atoms in total. The molecule has 0 aromatic rings. The van der Waals surface area contributed by atoms with Crippen molar-refractivity contribution in [3.05, 3.63) is 0 Å². The Hall–Kier alpha value is -1.46. The minimum absolute atomic E-state index is 0.0662. The summed E-state index contributed by atoms with van der Waals surface area (Å²) in [6, 6.07) is 0.0640. The molecule has 17 heavy (non-hydrogen) atoms. The zero-order valence-electron chi connectivity index (χ0n) is 10.7. The van der Waals surface area contributed by atoms with Crippen LogP contribution in [0.15, 0.2) is 0 Å². The van der Waals surface area contributed by atoms with Crippen LogP contribution >= 0.6 is 0 Å². The third kappa shape index (κ3) is 4.13. The molecule has 1 aliphatic heterocycles. The number of nitrogens with one attached hydrogen (secondary N) is 1. The van der Waals surface area contributed by atoms with Crippen molar-refractivity contribution >= 4 is 12.1 Å². The second kappa shape index (κ2) is 6.32. The Labute approximate surface area is 102 Å². The molecule has 0 atom stereocenters. The minimum atomic E-state index is -0.295. The summed E-state index contributed by atoms with van der Waals surface area (Å²) < 4.78 is 4.91. The number of carbonyl (C=O) groups excluding carboxylic acids is 2. The third-order valence-corrected chi connectivity index (χ3v) is 2.51. The molecule has 6 heteroatoms. The summed E-state index contributed by atoms with van der Waals surface area (Å²) in [4.78, 5) is 26.5. The van der Waals surface area contributed by atoms with Gasteiger partial charge in [-0.2, -0.15) is 0 Å². The maximum absolute atomic E-state index is 11.7. The van der Waals surface area contributed by atoms with Crippen LogP contribution in [-0.4, -0.2) is 60.8 Å². The molecule has 0 unspecified atom stereocenters. The van der Waals surface area contributed by atoms with Crippen molar-refractivity contribution in [2.24, 2.45) is 0 Å². The normalized spacial score (nSPS) is 16.0. The fraction of sp³-hybridized carbons (Fsp3) is 0.818. The first kappa shape index (κ1) is 13.6. The highest BCUT2D eigenvalue weighted by atomic mass is 16.6. The molecule has 0 aromatic carbocycles. The third-order valence-electron chi connectivity index (χ3n) is 2.51. The zero-order chi connectivity index (χ0) is 12.8. The van der Waals surface area contributed by atoms with E-state index in [2.05, 4.69) is 5.32 Å². The van der Waals surface area contributed by atoms with Gasteiger partial charge >= 0.3 is 12.1 Å². The lowest BCUT2D eigenvalue weighted by Crippen LogP contribution is -2.54. The van der Waals surface area contributed by atoms with Crippen LogP contribution in [0.2, 0.25) is 0 Å². The topological polar surface area (TPSA) is 61.9 Å². The quantitative estimate of drug-likeness (QED) is 0.783. The SMILES string of the molecule is CCOC(=O)N1CCN(C(=O)NC(C)C)CC1. The van der Waals surface area contributed by atoms with E-state index in [0.717, 1.165) is 0 Å². The molecule has 1 aliphatic rings. The van der Waals surface area contributed by atoms with Crippen LogP contribution in [0, 0.1) is 0 Å². The molecule has 0 saturated carbocycles. The first-order valence-electron chi connectivity index (χ1n) is 6.01. The second-order valence-corrected chi connectivity index (χ2v) is 4.28. The summed E-state index contributed by atoms with van der Waals surface area (Å²) in [6.07, 6.45) is -0.295. The van der Waals surface area contributed by atoms with Crippen molar-refractivity contribution in [3.63, 3.8) is 0 Å². The lowest BCUT2D eigenvalue weighted by atomic mass is 10.3. The maximum atomic E-state index is 11.7. The van der Waals surface area contributed by atoms with Crippen LogP contribution in [0.3, 0.4) is 0 Å². The Morgan fingerprint density at radius 1 is 1.18 bits per heavy atom. The monoisotopic (exact) mass is 243 g/mol.